The van der Waals surface area contributed by atoms with Crippen LogP contribution in [0.1, 0.15) is 59.0 Å². The number of ether oxygens (including phenoxy) is 1. The van der Waals surface area contributed by atoms with Gasteiger partial charge in [0.2, 0.25) is 0 Å². The highest BCUT2D eigenvalue weighted by atomic mass is 32.1. The van der Waals surface area contributed by atoms with Gasteiger partial charge in [-0.15, -0.1) is 11.3 Å². The van der Waals surface area contributed by atoms with Gasteiger partial charge in [-0.1, -0.05) is 32.4 Å². The number of thiophene rings is 1. The molecule has 0 radical (unpaired) electrons. The third-order valence-corrected chi connectivity index (χ3v) is 5.36. The lowest BCUT2D eigenvalue weighted by Gasteiger charge is -2.25. The highest BCUT2D eigenvalue weighted by molar-refractivity contribution is 7.12. The van der Waals surface area contributed by atoms with Crippen LogP contribution in [-0.2, 0) is 5.41 Å². The Morgan fingerprint density at radius 3 is 2.62 bits per heavy atom. The third kappa shape index (κ3) is 2.75. The summed E-state index contributed by atoms with van der Waals surface area (Å²) in [4.78, 5) is 14.8. The normalized spacial score (nSPS) is 18.3. The first-order valence-corrected chi connectivity index (χ1v) is 8.07. The van der Waals surface area contributed by atoms with Crippen molar-refractivity contribution >= 4 is 17.1 Å². The third-order valence-electron chi connectivity index (χ3n) is 3.76. The number of hydrogen-bond acceptors (Lipinski definition) is 3. The molecule has 0 spiro atoms. The Morgan fingerprint density at radius 2 is 1.95 bits per heavy atom. The molecule has 2 nitrogen and oxygen atoms in total. The predicted octanol–water partition coefficient (Wildman–Crippen LogP) is 5.06. The lowest BCUT2D eigenvalue weighted by atomic mass is 9.95. The van der Waals surface area contributed by atoms with Gasteiger partial charge in [0.05, 0.1) is 12.0 Å². The van der Waals surface area contributed by atoms with Crippen LogP contribution >= 0.6 is 11.3 Å². The minimum atomic E-state index is -0.145. The summed E-state index contributed by atoms with van der Waals surface area (Å²) in [5.41, 5.74) is 1.95. The first-order valence-electron chi connectivity index (χ1n) is 7.25. The molecule has 0 amide bonds. The van der Waals surface area contributed by atoms with E-state index in [4.69, 9.17) is 4.74 Å². The standard InChI is InChI=1S/C18H20O2S/c1-11-5-6-14-12(9-11)13(19)10-15(20-14)16-7-8-17(21-16)18(2,3)4/h5-9,15H,10H2,1-4H3. The van der Waals surface area contributed by atoms with E-state index in [9.17, 15) is 4.79 Å². The van der Waals surface area contributed by atoms with Crippen LogP contribution in [0.25, 0.3) is 0 Å². The molecule has 0 saturated carbocycles. The van der Waals surface area contributed by atoms with E-state index in [0.29, 0.717) is 12.2 Å². The number of hydrogen-bond donors (Lipinski definition) is 0. The second-order valence-electron chi connectivity index (χ2n) is 6.69. The fraction of sp³-hybridized carbons (Fsp3) is 0.389. The van der Waals surface area contributed by atoms with Gasteiger partial charge in [0.25, 0.3) is 0 Å². The van der Waals surface area contributed by atoms with Gasteiger partial charge in [-0.05, 0) is 36.6 Å². The van der Waals surface area contributed by atoms with Gasteiger partial charge in [-0.25, -0.2) is 0 Å². The summed E-state index contributed by atoms with van der Waals surface area (Å²) in [5.74, 6) is 0.892. The highest BCUT2D eigenvalue weighted by Gasteiger charge is 2.29. The van der Waals surface area contributed by atoms with Crippen molar-refractivity contribution in [1.29, 1.82) is 0 Å². The number of aryl methyl sites for hydroxylation is 1. The Morgan fingerprint density at radius 1 is 1.19 bits per heavy atom. The van der Waals surface area contributed by atoms with Gasteiger partial charge in [-0.3, -0.25) is 4.79 Å². The number of carbonyl (C=O) groups excluding carboxylic acids is 1. The molecule has 0 bridgehead atoms. The molecule has 0 N–H and O–H groups in total. The van der Waals surface area contributed by atoms with Crippen molar-refractivity contribution in [2.75, 3.05) is 0 Å². The van der Waals surface area contributed by atoms with Crippen LogP contribution in [0, 0.1) is 6.92 Å². The summed E-state index contributed by atoms with van der Waals surface area (Å²) in [7, 11) is 0. The molecule has 1 aromatic heterocycles. The second-order valence-corrected chi connectivity index (χ2v) is 7.80. The van der Waals surface area contributed by atoms with Crippen molar-refractivity contribution in [3.63, 3.8) is 0 Å². The van der Waals surface area contributed by atoms with Crippen molar-refractivity contribution in [3.8, 4) is 5.75 Å². The lowest BCUT2D eigenvalue weighted by molar-refractivity contribution is 0.0854. The summed E-state index contributed by atoms with van der Waals surface area (Å²) >= 11 is 1.75. The van der Waals surface area contributed by atoms with Crippen LogP contribution in [0.15, 0.2) is 30.3 Å². The average Bonchev–Trinajstić information content (AvgIpc) is 2.89. The van der Waals surface area contributed by atoms with Crippen LogP contribution in [0.5, 0.6) is 5.75 Å². The molecule has 3 rings (SSSR count). The Labute approximate surface area is 129 Å². The molecule has 2 heterocycles. The minimum absolute atomic E-state index is 0.136. The van der Waals surface area contributed by atoms with Gasteiger partial charge < -0.3 is 4.74 Å². The van der Waals surface area contributed by atoms with Crippen molar-refractivity contribution in [2.24, 2.45) is 0 Å². The maximum absolute atomic E-state index is 12.3. The number of ketones is 1. The molecule has 110 valence electrons. The van der Waals surface area contributed by atoms with Crippen molar-refractivity contribution in [1.82, 2.24) is 0 Å². The molecule has 0 fully saturated rings. The zero-order valence-corrected chi connectivity index (χ0v) is 13.7. The first kappa shape index (κ1) is 14.3. The van der Waals surface area contributed by atoms with Crippen molar-refractivity contribution < 1.29 is 9.53 Å². The molecule has 1 aliphatic heterocycles. The minimum Gasteiger partial charge on any atom is -0.484 e. The number of Topliss-reactive ketones (excluding diaryl/α,β-unsaturated/α-hetero) is 1. The smallest absolute Gasteiger partial charge is 0.170 e. The van der Waals surface area contributed by atoms with E-state index in [1.165, 1.54) is 4.88 Å². The Balaban J connectivity index is 1.91. The lowest BCUT2D eigenvalue weighted by Crippen LogP contribution is -2.19. The van der Waals surface area contributed by atoms with Crippen LogP contribution in [0.3, 0.4) is 0 Å². The quantitative estimate of drug-likeness (QED) is 0.735. The molecule has 1 unspecified atom stereocenters. The van der Waals surface area contributed by atoms with Crippen LogP contribution in [-0.4, -0.2) is 5.78 Å². The van der Waals surface area contributed by atoms with E-state index in [1.807, 2.05) is 25.1 Å². The van der Waals surface area contributed by atoms with Crippen LogP contribution < -0.4 is 4.74 Å². The van der Waals surface area contributed by atoms with Crippen molar-refractivity contribution in [3.05, 3.63) is 51.2 Å². The van der Waals surface area contributed by atoms with E-state index in [1.54, 1.807) is 11.3 Å². The number of benzene rings is 1. The van der Waals surface area contributed by atoms with Gasteiger partial charge in [0, 0.05) is 9.75 Å². The molecule has 2 aromatic rings. The van der Waals surface area contributed by atoms with Gasteiger partial charge >= 0.3 is 0 Å². The van der Waals surface area contributed by atoms with Crippen LogP contribution in [0.2, 0.25) is 0 Å². The molecule has 21 heavy (non-hydrogen) atoms. The van der Waals surface area contributed by atoms with E-state index in [0.717, 1.165) is 16.0 Å². The topological polar surface area (TPSA) is 26.3 Å². The maximum Gasteiger partial charge on any atom is 0.170 e. The Kier molecular flexibility index (Phi) is 3.40. The zero-order valence-electron chi connectivity index (χ0n) is 12.9. The Bertz CT molecular complexity index is 691. The van der Waals surface area contributed by atoms with E-state index < -0.39 is 0 Å². The maximum atomic E-state index is 12.3. The largest absolute Gasteiger partial charge is 0.484 e. The van der Waals surface area contributed by atoms with Gasteiger partial charge in [-0.2, -0.15) is 0 Å². The fourth-order valence-corrected chi connectivity index (χ4v) is 3.62. The summed E-state index contributed by atoms with van der Waals surface area (Å²) < 4.78 is 6.06. The molecule has 1 atom stereocenters. The number of fused-ring (bicyclic) bond motifs is 1. The summed E-state index contributed by atoms with van der Waals surface area (Å²) in [6.45, 7) is 8.60. The van der Waals surface area contributed by atoms with Crippen molar-refractivity contribution in [2.45, 2.75) is 45.6 Å². The number of carbonyl (C=O) groups is 1. The molecule has 1 aliphatic rings. The SMILES string of the molecule is Cc1ccc2c(c1)C(=O)CC(c1ccc(C(C)(C)C)s1)O2. The first-order chi connectivity index (χ1) is 9.84. The summed E-state index contributed by atoms with van der Waals surface area (Å²) in [6.07, 6.45) is 0.286. The molecule has 3 heteroatoms. The summed E-state index contributed by atoms with van der Waals surface area (Å²) in [5, 5.41) is 0. The summed E-state index contributed by atoms with van der Waals surface area (Å²) in [6, 6.07) is 10.1. The molecular formula is C18H20O2S. The molecule has 1 aromatic carbocycles. The van der Waals surface area contributed by atoms with Gasteiger partial charge in [0.1, 0.15) is 11.9 Å². The molecule has 0 saturated heterocycles. The predicted molar refractivity (Wildman–Crippen MR) is 86.5 cm³/mol. The Hall–Kier alpha value is -1.61. The number of rotatable bonds is 1. The van der Waals surface area contributed by atoms with Crippen LogP contribution in [0.4, 0.5) is 0 Å². The van der Waals surface area contributed by atoms with Gasteiger partial charge in [0.15, 0.2) is 5.78 Å². The average molecular weight is 300 g/mol. The second kappa shape index (κ2) is 4.99. The van der Waals surface area contributed by atoms with E-state index in [2.05, 4.69) is 32.9 Å². The van der Waals surface area contributed by atoms with E-state index >= 15 is 0 Å². The van der Waals surface area contributed by atoms with E-state index in [-0.39, 0.29) is 17.3 Å². The fourth-order valence-electron chi connectivity index (χ4n) is 2.53. The monoisotopic (exact) mass is 300 g/mol. The highest BCUT2D eigenvalue weighted by Crippen LogP contribution is 2.39. The zero-order chi connectivity index (χ0) is 15.2. The molecular weight excluding hydrogens is 280 g/mol. The molecule has 0 aliphatic carbocycles.